The number of halogens is 1. The zero-order valence-corrected chi connectivity index (χ0v) is 9.04. The van der Waals surface area contributed by atoms with Crippen molar-refractivity contribution in [2.24, 2.45) is 0 Å². The molecule has 0 spiro atoms. The van der Waals surface area contributed by atoms with Crippen molar-refractivity contribution in [2.45, 2.75) is 13.8 Å². The Balaban J connectivity index is 2.55. The highest BCUT2D eigenvalue weighted by Gasteiger charge is 2.16. The predicted molar refractivity (Wildman–Crippen MR) is 56.9 cm³/mol. The molecule has 0 saturated carbocycles. The van der Waals surface area contributed by atoms with Gasteiger partial charge in [0.05, 0.1) is 6.61 Å². The number of carbonyl (C=O) groups excluding carboxylic acids is 1. The van der Waals surface area contributed by atoms with E-state index in [2.05, 4.69) is 0 Å². The molecule has 0 aliphatic carbocycles. The van der Waals surface area contributed by atoms with Crippen LogP contribution in [0.5, 0.6) is 0 Å². The zero-order valence-electron chi connectivity index (χ0n) is 9.04. The Bertz CT molecular complexity index is 503. The van der Waals surface area contributed by atoms with E-state index in [1.165, 1.54) is 12.1 Å². The molecule has 0 aliphatic rings. The predicted octanol–water partition coefficient (Wildman–Crippen LogP) is 3.06. The van der Waals surface area contributed by atoms with Crippen molar-refractivity contribution in [1.82, 2.24) is 0 Å². The quantitative estimate of drug-likeness (QED) is 0.733. The lowest BCUT2D eigenvalue weighted by molar-refractivity contribution is 0.0492. The first-order chi connectivity index (χ1) is 7.63. The molecule has 1 aromatic carbocycles. The van der Waals surface area contributed by atoms with E-state index in [9.17, 15) is 9.18 Å². The monoisotopic (exact) mass is 222 g/mol. The Morgan fingerprint density at radius 1 is 1.50 bits per heavy atom. The molecule has 16 heavy (non-hydrogen) atoms. The van der Waals surface area contributed by atoms with E-state index in [1.807, 2.05) is 6.92 Å². The normalized spacial score (nSPS) is 10.7. The lowest BCUT2D eigenvalue weighted by Crippen LogP contribution is -2.02. The molecule has 4 heteroatoms. The van der Waals surface area contributed by atoms with E-state index in [0.717, 1.165) is 5.56 Å². The lowest BCUT2D eigenvalue weighted by Gasteiger charge is -1.95. The highest BCUT2D eigenvalue weighted by atomic mass is 19.1. The maximum absolute atomic E-state index is 13.4. The van der Waals surface area contributed by atoms with Crippen LogP contribution >= 0.6 is 0 Å². The van der Waals surface area contributed by atoms with Crippen molar-refractivity contribution < 1.29 is 18.3 Å². The minimum atomic E-state index is -0.572. The van der Waals surface area contributed by atoms with Gasteiger partial charge in [0.1, 0.15) is 0 Å². The molecular weight excluding hydrogens is 211 g/mol. The van der Waals surface area contributed by atoms with E-state index < -0.39 is 11.8 Å². The van der Waals surface area contributed by atoms with Gasteiger partial charge in [-0.15, -0.1) is 0 Å². The number of ether oxygens (including phenoxy) is 1. The number of fused-ring (bicyclic) bond motifs is 1. The van der Waals surface area contributed by atoms with Gasteiger partial charge in [0.15, 0.2) is 11.4 Å². The fraction of sp³-hybridized carbons (Fsp3) is 0.250. The second-order valence-electron chi connectivity index (χ2n) is 3.44. The highest BCUT2D eigenvalue weighted by Crippen LogP contribution is 2.25. The van der Waals surface area contributed by atoms with Gasteiger partial charge >= 0.3 is 5.97 Å². The van der Waals surface area contributed by atoms with E-state index >= 15 is 0 Å². The Hall–Kier alpha value is -1.84. The molecule has 0 unspecified atom stereocenters. The number of esters is 1. The summed E-state index contributed by atoms with van der Waals surface area (Å²) in [6.45, 7) is 3.79. The summed E-state index contributed by atoms with van der Waals surface area (Å²) in [6, 6.07) is 4.46. The van der Waals surface area contributed by atoms with Gasteiger partial charge in [0, 0.05) is 5.39 Å². The summed E-state index contributed by atoms with van der Waals surface area (Å²) >= 11 is 0. The van der Waals surface area contributed by atoms with Crippen LogP contribution in [-0.4, -0.2) is 12.6 Å². The van der Waals surface area contributed by atoms with Crippen molar-refractivity contribution >= 4 is 16.9 Å². The highest BCUT2D eigenvalue weighted by molar-refractivity contribution is 5.93. The topological polar surface area (TPSA) is 39.4 Å². The summed E-state index contributed by atoms with van der Waals surface area (Å²) < 4.78 is 23.3. The van der Waals surface area contributed by atoms with Crippen molar-refractivity contribution in [3.63, 3.8) is 0 Å². The summed E-state index contributed by atoms with van der Waals surface area (Å²) in [5.41, 5.74) is 0.957. The van der Waals surface area contributed by atoms with Crippen LogP contribution in [0.2, 0.25) is 0 Å². The lowest BCUT2D eigenvalue weighted by atomic mass is 10.1. The van der Waals surface area contributed by atoms with Gasteiger partial charge in [0.2, 0.25) is 5.76 Å². The van der Waals surface area contributed by atoms with Crippen LogP contribution in [0, 0.1) is 12.7 Å². The van der Waals surface area contributed by atoms with Gasteiger partial charge in [0.25, 0.3) is 0 Å². The molecule has 0 saturated heterocycles. The van der Waals surface area contributed by atoms with E-state index in [1.54, 1.807) is 13.0 Å². The van der Waals surface area contributed by atoms with Crippen LogP contribution in [0.3, 0.4) is 0 Å². The first-order valence-corrected chi connectivity index (χ1v) is 4.99. The zero-order chi connectivity index (χ0) is 11.7. The van der Waals surface area contributed by atoms with Crippen LogP contribution in [0.1, 0.15) is 23.0 Å². The molecule has 0 amide bonds. The van der Waals surface area contributed by atoms with Gasteiger partial charge in [-0.2, -0.15) is 0 Å². The van der Waals surface area contributed by atoms with Gasteiger partial charge < -0.3 is 9.15 Å². The van der Waals surface area contributed by atoms with Crippen molar-refractivity contribution in [1.29, 1.82) is 0 Å². The second-order valence-corrected chi connectivity index (χ2v) is 3.44. The van der Waals surface area contributed by atoms with E-state index in [0.29, 0.717) is 5.39 Å². The molecular formula is C12H11FO3. The largest absolute Gasteiger partial charge is 0.460 e. The number of carbonyl (C=O) groups is 1. The molecule has 0 atom stereocenters. The second kappa shape index (κ2) is 3.96. The number of benzene rings is 1. The van der Waals surface area contributed by atoms with Gasteiger partial charge in [-0.25, -0.2) is 9.18 Å². The molecule has 3 nitrogen and oxygen atoms in total. The molecule has 2 rings (SSSR count). The first-order valence-electron chi connectivity index (χ1n) is 4.99. The maximum Gasteiger partial charge on any atom is 0.374 e. The molecule has 1 heterocycles. The number of hydrogen-bond acceptors (Lipinski definition) is 3. The van der Waals surface area contributed by atoms with Crippen molar-refractivity contribution in [3.8, 4) is 0 Å². The van der Waals surface area contributed by atoms with Crippen LogP contribution in [-0.2, 0) is 4.74 Å². The number of rotatable bonds is 2. The standard InChI is InChI=1S/C12H11FO3/c1-3-15-12(14)10-6-8-7(2)4-5-9(13)11(8)16-10/h4-6H,3H2,1-2H3. The van der Waals surface area contributed by atoms with Crippen molar-refractivity contribution in [3.05, 3.63) is 35.3 Å². The first kappa shape index (κ1) is 10.7. The SMILES string of the molecule is CCOC(=O)c1cc2c(C)ccc(F)c2o1. The molecule has 0 bridgehead atoms. The third-order valence-corrected chi connectivity index (χ3v) is 2.33. The summed E-state index contributed by atoms with van der Waals surface area (Å²) in [5.74, 6) is -1.02. The van der Waals surface area contributed by atoms with Gasteiger partial charge in [-0.1, -0.05) is 6.07 Å². The molecule has 0 aliphatic heterocycles. The average molecular weight is 222 g/mol. The third kappa shape index (κ3) is 1.66. The Labute approximate surface area is 91.8 Å². The van der Waals surface area contributed by atoms with Crippen LogP contribution in [0.15, 0.2) is 22.6 Å². The summed E-state index contributed by atoms with van der Waals surface area (Å²) in [5, 5.41) is 0.600. The summed E-state index contributed by atoms with van der Waals surface area (Å²) in [4.78, 5) is 11.4. The number of hydrogen-bond donors (Lipinski definition) is 0. The summed E-state index contributed by atoms with van der Waals surface area (Å²) in [7, 11) is 0. The van der Waals surface area contributed by atoms with Crippen LogP contribution in [0.4, 0.5) is 4.39 Å². The fourth-order valence-corrected chi connectivity index (χ4v) is 1.53. The van der Waals surface area contributed by atoms with Crippen LogP contribution < -0.4 is 0 Å². The average Bonchev–Trinajstić information content (AvgIpc) is 2.70. The van der Waals surface area contributed by atoms with E-state index in [4.69, 9.17) is 9.15 Å². The van der Waals surface area contributed by atoms with Crippen LogP contribution in [0.25, 0.3) is 11.0 Å². The minimum Gasteiger partial charge on any atom is -0.460 e. The minimum absolute atomic E-state index is 0.0325. The molecule has 0 fully saturated rings. The molecule has 0 N–H and O–H groups in total. The van der Waals surface area contributed by atoms with Gasteiger partial charge in [-0.3, -0.25) is 0 Å². The Morgan fingerprint density at radius 3 is 2.88 bits per heavy atom. The van der Waals surface area contributed by atoms with Crippen molar-refractivity contribution in [2.75, 3.05) is 6.61 Å². The molecule has 2 aromatic rings. The van der Waals surface area contributed by atoms with E-state index in [-0.39, 0.29) is 18.0 Å². The fourth-order valence-electron chi connectivity index (χ4n) is 1.53. The molecule has 84 valence electrons. The smallest absolute Gasteiger partial charge is 0.374 e. The third-order valence-electron chi connectivity index (χ3n) is 2.33. The Kier molecular flexibility index (Phi) is 2.64. The molecule has 0 radical (unpaired) electrons. The number of furan rings is 1. The van der Waals surface area contributed by atoms with Gasteiger partial charge in [-0.05, 0) is 31.5 Å². The Morgan fingerprint density at radius 2 is 2.25 bits per heavy atom. The number of aryl methyl sites for hydroxylation is 1. The molecule has 1 aromatic heterocycles. The maximum atomic E-state index is 13.4. The summed E-state index contributed by atoms with van der Waals surface area (Å²) in [6.07, 6.45) is 0.